The first-order chi connectivity index (χ1) is 5.15. The van der Waals surface area contributed by atoms with Gasteiger partial charge >= 0.3 is 0 Å². The Hall–Kier alpha value is -0.790. The zero-order valence-electron chi connectivity index (χ0n) is 7.73. The first kappa shape index (κ1) is 8.31. The van der Waals surface area contributed by atoms with Gasteiger partial charge in [0, 0.05) is 12.1 Å². The number of rotatable bonds is 2. The summed E-state index contributed by atoms with van der Waals surface area (Å²) in [6, 6.07) is 0. The van der Waals surface area contributed by atoms with Gasteiger partial charge in [0.2, 0.25) is 0 Å². The predicted octanol–water partition coefficient (Wildman–Crippen LogP) is 2.40. The van der Waals surface area contributed by atoms with Crippen molar-refractivity contribution in [3.8, 4) is 0 Å². The standard InChI is InChI=1S/C9H16N2/c1-5-8-10-7(4)9(11-8)6(2)3/h6H,5H2,1-4H3,(H,10,11). The second-order valence-corrected chi connectivity index (χ2v) is 3.20. The Morgan fingerprint density at radius 2 is 2.09 bits per heavy atom. The van der Waals surface area contributed by atoms with Crippen molar-refractivity contribution in [2.75, 3.05) is 0 Å². The van der Waals surface area contributed by atoms with Crippen LogP contribution < -0.4 is 0 Å². The Morgan fingerprint density at radius 1 is 1.45 bits per heavy atom. The van der Waals surface area contributed by atoms with Gasteiger partial charge in [0.15, 0.2) is 0 Å². The van der Waals surface area contributed by atoms with Crippen molar-refractivity contribution in [3.05, 3.63) is 17.2 Å². The number of nitrogens with zero attached hydrogens (tertiary/aromatic N) is 1. The van der Waals surface area contributed by atoms with Crippen molar-refractivity contribution >= 4 is 0 Å². The third-order valence-electron chi connectivity index (χ3n) is 1.85. The Balaban J connectivity index is 2.97. The van der Waals surface area contributed by atoms with E-state index >= 15 is 0 Å². The summed E-state index contributed by atoms with van der Waals surface area (Å²) in [4.78, 5) is 7.74. The maximum absolute atomic E-state index is 4.47. The van der Waals surface area contributed by atoms with Crippen molar-refractivity contribution in [1.29, 1.82) is 0 Å². The number of aromatic nitrogens is 2. The summed E-state index contributed by atoms with van der Waals surface area (Å²) in [5.41, 5.74) is 2.43. The second-order valence-electron chi connectivity index (χ2n) is 3.20. The summed E-state index contributed by atoms with van der Waals surface area (Å²) in [5.74, 6) is 1.64. The van der Waals surface area contributed by atoms with E-state index in [0.717, 1.165) is 12.2 Å². The molecule has 0 radical (unpaired) electrons. The van der Waals surface area contributed by atoms with Crippen LogP contribution in [0.5, 0.6) is 0 Å². The molecule has 1 aromatic rings. The lowest BCUT2D eigenvalue weighted by Crippen LogP contribution is -1.90. The molecule has 0 aliphatic carbocycles. The minimum atomic E-state index is 0.534. The van der Waals surface area contributed by atoms with Crippen molar-refractivity contribution in [2.45, 2.75) is 40.0 Å². The summed E-state index contributed by atoms with van der Waals surface area (Å²) < 4.78 is 0. The topological polar surface area (TPSA) is 28.7 Å². The average Bonchev–Trinajstić information content (AvgIpc) is 2.30. The molecule has 1 rings (SSSR count). The Bertz CT molecular complexity index is 236. The van der Waals surface area contributed by atoms with E-state index in [2.05, 4.69) is 37.7 Å². The van der Waals surface area contributed by atoms with E-state index in [9.17, 15) is 0 Å². The van der Waals surface area contributed by atoms with Gasteiger partial charge in [-0.15, -0.1) is 0 Å². The SMILES string of the molecule is CCc1nc(C(C)C)c(C)[nH]1. The highest BCUT2D eigenvalue weighted by atomic mass is 14.9. The van der Waals surface area contributed by atoms with Crippen LogP contribution in [0.25, 0.3) is 0 Å². The van der Waals surface area contributed by atoms with Crippen molar-refractivity contribution in [1.82, 2.24) is 9.97 Å². The molecule has 0 bridgehead atoms. The molecule has 0 fully saturated rings. The zero-order chi connectivity index (χ0) is 8.43. The van der Waals surface area contributed by atoms with E-state index < -0.39 is 0 Å². The van der Waals surface area contributed by atoms with E-state index in [1.54, 1.807) is 0 Å². The molecule has 62 valence electrons. The van der Waals surface area contributed by atoms with Gasteiger partial charge in [0.05, 0.1) is 5.69 Å². The molecule has 0 unspecified atom stereocenters. The third kappa shape index (κ3) is 1.62. The molecule has 11 heavy (non-hydrogen) atoms. The lowest BCUT2D eigenvalue weighted by molar-refractivity contribution is 0.816. The fraction of sp³-hybridized carbons (Fsp3) is 0.667. The normalized spacial score (nSPS) is 11.0. The molecule has 0 spiro atoms. The number of hydrogen-bond donors (Lipinski definition) is 1. The molecule has 0 saturated carbocycles. The molecule has 0 aromatic carbocycles. The molecule has 0 aliphatic rings. The Labute approximate surface area is 68.0 Å². The van der Waals surface area contributed by atoms with Crippen LogP contribution in [0.3, 0.4) is 0 Å². The van der Waals surface area contributed by atoms with Crippen molar-refractivity contribution in [2.24, 2.45) is 0 Å². The van der Waals surface area contributed by atoms with Gasteiger partial charge in [0.1, 0.15) is 5.82 Å². The van der Waals surface area contributed by atoms with Gasteiger partial charge < -0.3 is 4.98 Å². The van der Waals surface area contributed by atoms with E-state index in [-0.39, 0.29) is 0 Å². The number of hydrogen-bond acceptors (Lipinski definition) is 1. The summed E-state index contributed by atoms with van der Waals surface area (Å²) in [6.07, 6.45) is 0.994. The first-order valence-corrected chi connectivity index (χ1v) is 4.20. The van der Waals surface area contributed by atoms with Gasteiger partial charge in [-0.2, -0.15) is 0 Å². The van der Waals surface area contributed by atoms with Crippen LogP contribution in [0.2, 0.25) is 0 Å². The van der Waals surface area contributed by atoms with Crippen LogP contribution in [0.1, 0.15) is 43.9 Å². The van der Waals surface area contributed by atoms with E-state index in [4.69, 9.17) is 0 Å². The minimum absolute atomic E-state index is 0.534. The van der Waals surface area contributed by atoms with Crippen molar-refractivity contribution in [3.63, 3.8) is 0 Å². The summed E-state index contributed by atoms with van der Waals surface area (Å²) in [5, 5.41) is 0. The van der Waals surface area contributed by atoms with Gasteiger partial charge in [-0.05, 0) is 12.8 Å². The number of aromatic amines is 1. The third-order valence-corrected chi connectivity index (χ3v) is 1.85. The van der Waals surface area contributed by atoms with Crippen LogP contribution >= 0.6 is 0 Å². The number of nitrogens with one attached hydrogen (secondary N) is 1. The number of H-pyrrole nitrogens is 1. The van der Waals surface area contributed by atoms with E-state index in [0.29, 0.717) is 5.92 Å². The number of aryl methyl sites for hydroxylation is 2. The molecule has 0 aliphatic heterocycles. The van der Waals surface area contributed by atoms with E-state index in [1.165, 1.54) is 11.4 Å². The monoisotopic (exact) mass is 152 g/mol. The average molecular weight is 152 g/mol. The maximum Gasteiger partial charge on any atom is 0.106 e. The smallest absolute Gasteiger partial charge is 0.106 e. The molecule has 1 N–H and O–H groups in total. The molecule has 2 heteroatoms. The highest BCUT2D eigenvalue weighted by molar-refractivity contribution is 5.16. The molecular formula is C9H16N2. The lowest BCUT2D eigenvalue weighted by atomic mass is 10.1. The predicted molar refractivity (Wildman–Crippen MR) is 46.8 cm³/mol. The van der Waals surface area contributed by atoms with Crippen LogP contribution in [-0.2, 0) is 6.42 Å². The minimum Gasteiger partial charge on any atom is -0.346 e. The summed E-state index contributed by atoms with van der Waals surface area (Å²) in [7, 11) is 0. The molecule has 2 nitrogen and oxygen atoms in total. The Morgan fingerprint density at radius 3 is 2.36 bits per heavy atom. The largest absolute Gasteiger partial charge is 0.346 e. The summed E-state index contributed by atoms with van der Waals surface area (Å²) in [6.45, 7) is 8.54. The highest BCUT2D eigenvalue weighted by Crippen LogP contribution is 2.15. The maximum atomic E-state index is 4.47. The molecule has 1 aromatic heterocycles. The van der Waals surface area contributed by atoms with Gasteiger partial charge in [-0.1, -0.05) is 20.8 Å². The first-order valence-electron chi connectivity index (χ1n) is 4.20. The summed E-state index contributed by atoms with van der Waals surface area (Å²) >= 11 is 0. The number of imidazole rings is 1. The molecular weight excluding hydrogens is 136 g/mol. The van der Waals surface area contributed by atoms with Gasteiger partial charge in [0.25, 0.3) is 0 Å². The van der Waals surface area contributed by atoms with Crippen LogP contribution in [0, 0.1) is 6.92 Å². The van der Waals surface area contributed by atoms with E-state index in [1.807, 2.05) is 0 Å². The van der Waals surface area contributed by atoms with Gasteiger partial charge in [-0.3, -0.25) is 0 Å². The second kappa shape index (κ2) is 3.07. The highest BCUT2D eigenvalue weighted by Gasteiger charge is 2.07. The molecule has 0 saturated heterocycles. The van der Waals surface area contributed by atoms with Crippen LogP contribution in [-0.4, -0.2) is 9.97 Å². The fourth-order valence-electron chi connectivity index (χ4n) is 1.27. The van der Waals surface area contributed by atoms with Crippen molar-refractivity contribution < 1.29 is 0 Å². The quantitative estimate of drug-likeness (QED) is 0.692. The molecule has 0 amide bonds. The van der Waals surface area contributed by atoms with Gasteiger partial charge in [-0.25, -0.2) is 4.98 Å². The molecule has 0 atom stereocenters. The zero-order valence-corrected chi connectivity index (χ0v) is 7.73. The van der Waals surface area contributed by atoms with Crippen LogP contribution in [0.4, 0.5) is 0 Å². The lowest BCUT2D eigenvalue weighted by Gasteiger charge is -1.99. The fourth-order valence-corrected chi connectivity index (χ4v) is 1.27. The van der Waals surface area contributed by atoms with Crippen LogP contribution in [0.15, 0.2) is 0 Å². The molecule has 1 heterocycles. The Kier molecular flexibility index (Phi) is 2.32.